The first-order valence-corrected chi connectivity index (χ1v) is 11.3. The summed E-state index contributed by atoms with van der Waals surface area (Å²) in [6.07, 6.45) is 0. The number of benzene rings is 1. The largest absolute Gasteiger partial charge is 0.420 e. The summed E-state index contributed by atoms with van der Waals surface area (Å²) in [6.45, 7) is 7.05. The number of hydrogen-bond acceptors (Lipinski definition) is 1. The molecule has 0 N–H and O–H groups in total. The number of rotatable bonds is 5. The van der Waals surface area contributed by atoms with Gasteiger partial charge in [0.05, 0.1) is 8.80 Å². The Morgan fingerprint density at radius 2 is 1.80 bits per heavy atom. The quantitative estimate of drug-likeness (QED) is 0.717. The van der Waals surface area contributed by atoms with Crippen LogP contribution in [-0.4, -0.2) is 24.2 Å². The van der Waals surface area contributed by atoms with E-state index in [1.807, 2.05) is 7.11 Å². The van der Waals surface area contributed by atoms with Gasteiger partial charge in [-0.05, 0) is 19.1 Å². The molecular weight excluding hydrogens is 216 g/mol. The lowest BCUT2D eigenvalue weighted by Gasteiger charge is -2.21. The normalized spacial score (nSPS) is 13.9. The van der Waals surface area contributed by atoms with Gasteiger partial charge in [-0.3, -0.25) is 0 Å². The Bertz CT molecular complexity index is 285. The number of hydrogen-bond donors (Lipinski definition) is 0. The molecule has 1 atom stereocenters. The highest BCUT2D eigenvalue weighted by molar-refractivity contribution is 6.76. The van der Waals surface area contributed by atoms with E-state index in [0.717, 1.165) is 0 Å². The van der Waals surface area contributed by atoms with Crippen LogP contribution in [0.1, 0.15) is 0 Å². The lowest BCUT2D eigenvalue weighted by atomic mass is 10.4. The van der Waals surface area contributed by atoms with E-state index < -0.39 is 17.1 Å². The van der Waals surface area contributed by atoms with Crippen molar-refractivity contribution >= 4 is 22.3 Å². The summed E-state index contributed by atoms with van der Waals surface area (Å²) in [5, 5.41) is 1.58. The molecule has 0 heterocycles. The molecule has 0 aliphatic carbocycles. The van der Waals surface area contributed by atoms with Crippen LogP contribution in [0.25, 0.3) is 0 Å². The summed E-state index contributed by atoms with van der Waals surface area (Å²) < 4.78 is 5.59. The molecular formula is C12H22OSi2. The summed E-state index contributed by atoms with van der Waals surface area (Å²) in [7, 11) is -0.196. The fourth-order valence-corrected chi connectivity index (χ4v) is 7.54. The van der Waals surface area contributed by atoms with Gasteiger partial charge in [0.2, 0.25) is 0 Å². The third-order valence-corrected chi connectivity index (χ3v) is 8.95. The molecule has 1 aromatic carbocycles. The molecule has 0 bridgehead atoms. The lowest BCUT2D eigenvalue weighted by Crippen LogP contribution is -2.33. The van der Waals surface area contributed by atoms with E-state index in [1.54, 1.807) is 5.19 Å². The molecule has 1 aromatic rings. The molecule has 84 valence electrons. The maximum atomic E-state index is 5.59. The van der Waals surface area contributed by atoms with Crippen LogP contribution in [0, 0.1) is 0 Å². The van der Waals surface area contributed by atoms with Crippen molar-refractivity contribution in [2.75, 3.05) is 7.11 Å². The lowest BCUT2D eigenvalue weighted by molar-refractivity contribution is 0.405. The van der Waals surface area contributed by atoms with Gasteiger partial charge in [0.25, 0.3) is 0 Å². The summed E-state index contributed by atoms with van der Waals surface area (Å²) in [4.78, 5) is 0. The minimum absolute atomic E-state index is 0.719. The van der Waals surface area contributed by atoms with Crippen LogP contribution in [0.2, 0.25) is 31.7 Å². The van der Waals surface area contributed by atoms with Crippen LogP contribution in [0.15, 0.2) is 30.3 Å². The maximum absolute atomic E-state index is 5.59. The molecule has 0 fully saturated rings. The zero-order valence-corrected chi connectivity index (χ0v) is 12.4. The Morgan fingerprint density at radius 1 is 1.20 bits per heavy atom. The Morgan fingerprint density at radius 3 is 2.33 bits per heavy atom. The first-order chi connectivity index (χ1) is 7.05. The van der Waals surface area contributed by atoms with Crippen LogP contribution in [0.4, 0.5) is 0 Å². The van der Waals surface area contributed by atoms with Crippen molar-refractivity contribution in [3.8, 4) is 0 Å². The van der Waals surface area contributed by atoms with Crippen molar-refractivity contribution in [2.24, 2.45) is 0 Å². The first kappa shape index (κ1) is 12.7. The van der Waals surface area contributed by atoms with Gasteiger partial charge in [-0.1, -0.05) is 48.1 Å². The van der Waals surface area contributed by atoms with Gasteiger partial charge in [-0.15, -0.1) is 0 Å². The fourth-order valence-electron chi connectivity index (χ4n) is 1.61. The molecule has 1 nitrogen and oxygen atoms in total. The van der Waals surface area contributed by atoms with E-state index >= 15 is 0 Å². The Labute approximate surface area is 96.2 Å². The van der Waals surface area contributed by atoms with E-state index in [9.17, 15) is 0 Å². The second-order valence-electron chi connectivity index (χ2n) is 4.81. The van der Waals surface area contributed by atoms with Crippen molar-refractivity contribution < 1.29 is 4.43 Å². The molecule has 0 spiro atoms. The molecule has 0 saturated heterocycles. The Balaban J connectivity index is 2.47. The van der Waals surface area contributed by atoms with Crippen LogP contribution in [-0.2, 0) is 4.43 Å². The standard InChI is InChI=1S/C12H22OSi2/c1-13-15(3,4)11-10-14(2)12-8-6-5-7-9-12/h5-9,14H,10-11H2,1-4H3. The van der Waals surface area contributed by atoms with Gasteiger partial charge < -0.3 is 4.43 Å². The maximum Gasteiger partial charge on any atom is 0.185 e. The molecule has 1 unspecified atom stereocenters. The van der Waals surface area contributed by atoms with Crippen molar-refractivity contribution in [1.82, 2.24) is 0 Å². The monoisotopic (exact) mass is 238 g/mol. The predicted molar refractivity (Wildman–Crippen MR) is 73.2 cm³/mol. The van der Waals surface area contributed by atoms with Crippen molar-refractivity contribution in [2.45, 2.75) is 31.7 Å². The predicted octanol–water partition coefficient (Wildman–Crippen LogP) is 2.60. The van der Waals surface area contributed by atoms with E-state index in [0.29, 0.717) is 0 Å². The molecule has 0 radical (unpaired) electrons. The molecule has 0 aliphatic rings. The summed E-state index contributed by atoms with van der Waals surface area (Å²) in [6, 6.07) is 13.6. The van der Waals surface area contributed by atoms with Gasteiger partial charge in [-0.25, -0.2) is 0 Å². The van der Waals surface area contributed by atoms with Gasteiger partial charge >= 0.3 is 0 Å². The van der Waals surface area contributed by atoms with Gasteiger partial charge in [-0.2, -0.15) is 0 Å². The Kier molecular flexibility index (Phi) is 4.76. The molecule has 0 aromatic heterocycles. The second kappa shape index (κ2) is 5.63. The molecule has 0 amide bonds. The fraction of sp³-hybridized carbons (Fsp3) is 0.500. The summed E-state index contributed by atoms with van der Waals surface area (Å²) in [5.74, 6) is 0. The minimum atomic E-state index is -1.34. The molecule has 15 heavy (non-hydrogen) atoms. The highest BCUT2D eigenvalue weighted by atomic mass is 28.4. The van der Waals surface area contributed by atoms with Crippen molar-refractivity contribution in [3.05, 3.63) is 30.3 Å². The SMILES string of the molecule is CO[Si](C)(C)CC[SiH](C)c1ccccc1. The van der Waals surface area contributed by atoms with E-state index in [4.69, 9.17) is 4.43 Å². The van der Waals surface area contributed by atoms with Crippen molar-refractivity contribution in [1.29, 1.82) is 0 Å². The average molecular weight is 238 g/mol. The topological polar surface area (TPSA) is 9.23 Å². The third kappa shape index (κ3) is 4.32. The smallest absolute Gasteiger partial charge is 0.185 e. The summed E-state index contributed by atoms with van der Waals surface area (Å²) >= 11 is 0. The summed E-state index contributed by atoms with van der Waals surface area (Å²) in [5.41, 5.74) is 0. The highest BCUT2D eigenvalue weighted by Crippen LogP contribution is 2.14. The zero-order valence-electron chi connectivity index (χ0n) is 10.3. The molecule has 1 rings (SSSR count). The molecule has 3 heteroatoms. The van der Waals surface area contributed by atoms with E-state index in [2.05, 4.69) is 50.0 Å². The first-order valence-electron chi connectivity index (χ1n) is 5.65. The van der Waals surface area contributed by atoms with Crippen molar-refractivity contribution in [3.63, 3.8) is 0 Å². The van der Waals surface area contributed by atoms with E-state index in [-0.39, 0.29) is 0 Å². The van der Waals surface area contributed by atoms with E-state index in [1.165, 1.54) is 12.1 Å². The van der Waals surface area contributed by atoms with Gasteiger partial charge in [0.1, 0.15) is 0 Å². The Hall–Kier alpha value is -0.386. The molecule has 0 saturated carbocycles. The second-order valence-corrected chi connectivity index (χ2v) is 12.3. The van der Waals surface area contributed by atoms with Gasteiger partial charge in [0, 0.05) is 7.11 Å². The third-order valence-electron chi connectivity index (χ3n) is 3.10. The average Bonchev–Trinajstić information content (AvgIpc) is 2.27. The van der Waals surface area contributed by atoms with Crippen LogP contribution >= 0.6 is 0 Å². The zero-order chi connectivity index (χ0) is 11.3. The molecule has 0 aliphatic heterocycles. The van der Waals surface area contributed by atoms with Gasteiger partial charge in [0.15, 0.2) is 8.32 Å². The highest BCUT2D eigenvalue weighted by Gasteiger charge is 2.21. The van der Waals surface area contributed by atoms with Crippen LogP contribution in [0.3, 0.4) is 0 Å². The van der Waals surface area contributed by atoms with Crippen LogP contribution in [0.5, 0.6) is 0 Å². The van der Waals surface area contributed by atoms with Crippen LogP contribution < -0.4 is 5.19 Å². The minimum Gasteiger partial charge on any atom is -0.420 e.